The van der Waals surface area contributed by atoms with Gasteiger partial charge in [-0.2, -0.15) is 13.2 Å². The van der Waals surface area contributed by atoms with Crippen LogP contribution in [0.1, 0.15) is 0 Å². The van der Waals surface area contributed by atoms with E-state index in [4.69, 9.17) is 11.6 Å². The van der Waals surface area contributed by atoms with E-state index in [9.17, 15) is 13.2 Å². The summed E-state index contributed by atoms with van der Waals surface area (Å²) >= 11 is 4.74. The molecule has 0 radical (unpaired) electrons. The molecule has 0 saturated heterocycles. The Kier molecular flexibility index (Phi) is 3.75. The molecule has 0 aliphatic carbocycles. The summed E-state index contributed by atoms with van der Waals surface area (Å²) in [6.07, 6.45) is -3.30. The topological polar surface area (TPSA) is 9.23 Å². The number of hydrogen-bond donors (Lipinski definition) is 0. The Balaban J connectivity index is 3.61. The summed E-state index contributed by atoms with van der Waals surface area (Å²) in [7, 11) is 0. The van der Waals surface area contributed by atoms with Gasteiger partial charge in [-0.15, -0.1) is 6.58 Å². The Hall–Kier alpha value is -0.220. The highest BCUT2D eigenvalue weighted by Gasteiger charge is 2.38. The summed E-state index contributed by atoms with van der Waals surface area (Å²) in [6.45, 7) is 2.96. The zero-order valence-electron chi connectivity index (χ0n) is 4.99. The maximum Gasteiger partial charge on any atom is 0.428 e. The largest absolute Gasteiger partial charge is 0.428 e. The Morgan fingerprint density at radius 3 is 2.40 bits per heavy atom. The van der Waals surface area contributed by atoms with Gasteiger partial charge in [0.1, 0.15) is 0 Å². The van der Waals surface area contributed by atoms with Crippen LogP contribution in [0.5, 0.6) is 0 Å². The van der Waals surface area contributed by atoms with Crippen LogP contribution in [-0.2, 0) is 4.74 Å². The molecule has 0 fully saturated rings. The number of alkyl halides is 4. The molecule has 10 heavy (non-hydrogen) atoms. The van der Waals surface area contributed by atoms with Crippen molar-refractivity contribution in [1.29, 1.82) is 0 Å². The Morgan fingerprint density at radius 1 is 1.60 bits per heavy atom. The van der Waals surface area contributed by atoms with Gasteiger partial charge in [0.05, 0.1) is 6.61 Å². The van der Waals surface area contributed by atoms with Crippen LogP contribution in [0, 0.1) is 0 Å². The van der Waals surface area contributed by atoms with E-state index >= 15 is 0 Å². The molecule has 0 rings (SSSR count). The summed E-state index contributed by atoms with van der Waals surface area (Å²) in [5.74, 6) is 0. The third-order valence-electron chi connectivity index (χ3n) is 0.618. The van der Waals surface area contributed by atoms with Gasteiger partial charge in [-0.1, -0.05) is 17.7 Å². The number of hydrogen-bond acceptors (Lipinski definition) is 1. The molecule has 0 aliphatic heterocycles. The predicted molar refractivity (Wildman–Crippen MR) is 31.8 cm³/mol. The number of halogens is 4. The smallest absolute Gasteiger partial charge is 0.350 e. The maximum absolute atomic E-state index is 11.5. The molecule has 0 N–H and O–H groups in total. The van der Waals surface area contributed by atoms with Gasteiger partial charge in [-0.3, -0.25) is 0 Å². The standard InChI is InChI=1S/C5H6ClF3O/c1-2-3-10-4(6)5(7,8)9/h2,4H,1,3H2. The van der Waals surface area contributed by atoms with Gasteiger partial charge in [0, 0.05) is 0 Å². The minimum Gasteiger partial charge on any atom is -0.350 e. The Labute approximate surface area is 61.4 Å². The molecule has 0 saturated carbocycles. The van der Waals surface area contributed by atoms with Crippen molar-refractivity contribution in [3.8, 4) is 0 Å². The highest BCUT2D eigenvalue weighted by atomic mass is 35.5. The zero-order valence-corrected chi connectivity index (χ0v) is 5.74. The van der Waals surface area contributed by atoms with Gasteiger partial charge in [0.25, 0.3) is 0 Å². The summed E-state index contributed by atoms with van der Waals surface area (Å²) in [6, 6.07) is 0. The molecule has 1 atom stereocenters. The average molecular weight is 175 g/mol. The highest BCUT2D eigenvalue weighted by molar-refractivity contribution is 6.20. The first-order valence-electron chi connectivity index (χ1n) is 2.41. The molecule has 1 unspecified atom stereocenters. The molecular weight excluding hydrogens is 169 g/mol. The van der Waals surface area contributed by atoms with Crippen LogP contribution in [0.4, 0.5) is 13.2 Å². The molecule has 0 aromatic carbocycles. The van der Waals surface area contributed by atoms with E-state index < -0.39 is 11.7 Å². The summed E-state index contributed by atoms with van der Waals surface area (Å²) in [5.41, 5.74) is -2.23. The van der Waals surface area contributed by atoms with Crippen LogP contribution in [-0.4, -0.2) is 18.3 Å². The average Bonchev–Trinajstić information content (AvgIpc) is 1.80. The van der Waals surface area contributed by atoms with Crippen LogP contribution in [0.15, 0.2) is 12.7 Å². The van der Waals surface area contributed by atoms with E-state index in [-0.39, 0.29) is 6.61 Å². The van der Waals surface area contributed by atoms with Crippen LogP contribution in [0.2, 0.25) is 0 Å². The molecule has 0 aromatic rings. The summed E-state index contributed by atoms with van der Waals surface area (Å²) in [4.78, 5) is 0. The van der Waals surface area contributed by atoms with E-state index in [0.717, 1.165) is 0 Å². The molecule has 0 heterocycles. The lowest BCUT2D eigenvalue weighted by molar-refractivity contribution is -0.188. The van der Waals surface area contributed by atoms with E-state index in [0.29, 0.717) is 0 Å². The van der Waals surface area contributed by atoms with Gasteiger partial charge < -0.3 is 4.74 Å². The SMILES string of the molecule is C=CCOC(Cl)C(F)(F)F. The number of ether oxygens (including phenoxy) is 1. The molecule has 5 heteroatoms. The van der Waals surface area contributed by atoms with E-state index in [1.54, 1.807) is 0 Å². The second kappa shape index (κ2) is 3.83. The fourth-order valence-electron chi connectivity index (χ4n) is 0.247. The lowest BCUT2D eigenvalue weighted by Crippen LogP contribution is -2.26. The Morgan fingerprint density at radius 2 is 2.10 bits per heavy atom. The molecule has 0 amide bonds. The summed E-state index contributed by atoms with van der Waals surface area (Å²) < 4.78 is 38.5. The molecular formula is C5H6ClF3O. The molecule has 0 aliphatic rings. The van der Waals surface area contributed by atoms with Crippen molar-refractivity contribution in [3.05, 3.63) is 12.7 Å². The minimum atomic E-state index is -4.50. The Bertz CT molecular complexity index is 112. The van der Waals surface area contributed by atoms with Crippen molar-refractivity contribution < 1.29 is 17.9 Å². The van der Waals surface area contributed by atoms with Gasteiger partial charge in [-0.05, 0) is 0 Å². The maximum atomic E-state index is 11.5. The molecule has 0 bridgehead atoms. The van der Waals surface area contributed by atoms with Gasteiger partial charge >= 0.3 is 6.18 Å². The van der Waals surface area contributed by atoms with Crippen molar-refractivity contribution in [2.45, 2.75) is 11.7 Å². The van der Waals surface area contributed by atoms with E-state index in [2.05, 4.69) is 11.3 Å². The van der Waals surface area contributed by atoms with Crippen molar-refractivity contribution >= 4 is 11.6 Å². The molecule has 0 aromatic heterocycles. The van der Waals surface area contributed by atoms with Crippen molar-refractivity contribution in [1.82, 2.24) is 0 Å². The third-order valence-corrected chi connectivity index (χ3v) is 0.991. The van der Waals surface area contributed by atoms with Crippen molar-refractivity contribution in [3.63, 3.8) is 0 Å². The van der Waals surface area contributed by atoms with Gasteiger partial charge in [0.2, 0.25) is 5.56 Å². The lowest BCUT2D eigenvalue weighted by atomic mass is 10.6. The van der Waals surface area contributed by atoms with E-state index in [1.165, 1.54) is 6.08 Å². The first-order valence-corrected chi connectivity index (χ1v) is 2.85. The minimum absolute atomic E-state index is 0.201. The molecule has 0 spiro atoms. The fourth-order valence-corrected chi connectivity index (χ4v) is 0.320. The normalized spacial score (nSPS) is 14.8. The fraction of sp³-hybridized carbons (Fsp3) is 0.600. The third kappa shape index (κ3) is 3.74. The van der Waals surface area contributed by atoms with Crippen molar-refractivity contribution in [2.24, 2.45) is 0 Å². The van der Waals surface area contributed by atoms with Crippen LogP contribution in [0.3, 0.4) is 0 Å². The highest BCUT2D eigenvalue weighted by Crippen LogP contribution is 2.25. The van der Waals surface area contributed by atoms with Crippen LogP contribution in [0.25, 0.3) is 0 Å². The monoisotopic (exact) mass is 174 g/mol. The second-order valence-electron chi connectivity index (χ2n) is 1.48. The molecule has 1 nitrogen and oxygen atoms in total. The first kappa shape index (κ1) is 9.78. The lowest BCUT2D eigenvalue weighted by Gasteiger charge is -2.12. The van der Waals surface area contributed by atoms with Crippen LogP contribution >= 0.6 is 11.6 Å². The first-order chi connectivity index (χ1) is 4.48. The quantitative estimate of drug-likeness (QED) is 0.471. The predicted octanol–water partition coefficient (Wildman–Crippen LogP) is 2.32. The van der Waals surface area contributed by atoms with E-state index in [1.807, 2.05) is 0 Å². The van der Waals surface area contributed by atoms with Gasteiger partial charge in [-0.25, -0.2) is 0 Å². The zero-order chi connectivity index (χ0) is 8.20. The summed E-state index contributed by atoms with van der Waals surface area (Å²) in [5, 5.41) is 0. The second-order valence-corrected chi connectivity index (χ2v) is 1.88. The van der Waals surface area contributed by atoms with Crippen molar-refractivity contribution in [2.75, 3.05) is 6.61 Å². The van der Waals surface area contributed by atoms with Gasteiger partial charge in [0.15, 0.2) is 0 Å². The number of rotatable bonds is 3. The van der Waals surface area contributed by atoms with Crippen LogP contribution < -0.4 is 0 Å². The molecule has 60 valence electrons.